The van der Waals surface area contributed by atoms with Crippen LogP contribution in [0.15, 0.2) is 24.3 Å². The van der Waals surface area contributed by atoms with Crippen molar-refractivity contribution in [3.05, 3.63) is 34.9 Å². The molecule has 1 aromatic rings. The molecule has 2 amide bonds. The molecule has 1 saturated carbocycles. The van der Waals surface area contributed by atoms with Crippen LogP contribution in [0.2, 0.25) is 5.02 Å². The Morgan fingerprint density at radius 2 is 1.55 bits per heavy atom. The van der Waals surface area contributed by atoms with Gasteiger partial charge in [-0.2, -0.15) is 10.5 Å². The van der Waals surface area contributed by atoms with Gasteiger partial charge < -0.3 is 11.5 Å². The monoisotopic (exact) mass is 288 g/mol. The van der Waals surface area contributed by atoms with Gasteiger partial charge in [0.2, 0.25) is 11.8 Å². The highest BCUT2D eigenvalue weighted by molar-refractivity contribution is 6.31. The summed E-state index contributed by atoms with van der Waals surface area (Å²) in [6.45, 7) is 0. The predicted octanol–water partition coefficient (Wildman–Crippen LogP) is 0.428. The Bertz CT molecular complexity index is 667. The standard InChI is InChI=1S/C13H9ClN4O2/c14-8-4-2-1-3-7(8)9-12(5-15,10(17)19)13(9,6-16)11(18)20/h1-4,9H,(H2,17,19)(H2,18,20)/t9?,12-,13+. The molecule has 1 aromatic carbocycles. The zero-order valence-electron chi connectivity index (χ0n) is 10.1. The Balaban J connectivity index is 2.74. The smallest absolute Gasteiger partial charge is 0.240 e. The van der Waals surface area contributed by atoms with Crippen LogP contribution in [0.25, 0.3) is 0 Å². The SMILES string of the molecule is N#C[C@]1(C(N)=O)C(c2ccccc2Cl)[C@@]1(C#N)C(N)=O. The first kappa shape index (κ1) is 13.9. The summed E-state index contributed by atoms with van der Waals surface area (Å²) < 4.78 is 0. The first-order chi connectivity index (χ1) is 9.40. The summed E-state index contributed by atoms with van der Waals surface area (Å²) in [5.41, 5.74) is 6.85. The molecule has 3 atom stereocenters. The van der Waals surface area contributed by atoms with Crippen LogP contribution in [0, 0.1) is 33.5 Å². The van der Waals surface area contributed by atoms with E-state index in [1.807, 2.05) is 0 Å². The highest BCUT2D eigenvalue weighted by Crippen LogP contribution is 2.74. The number of nitrogens with zero attached hydrogens (tertiary/aromatic N) is 2. The molecule has 1 aliphatic rings. The lowest BCUT2D eigenvalue weighted by molar-refractivity contribution is -0.127. The number of rotatable bonds is 3. The molecule has 6 nitrogen and oxygen atoms in total. The maximum absolute atomic E-state index is 11.7. The zero-order valence-corrected chi connectivity index (χ0v) is 10.9. The van der Waals surface area contributed by atoms with E-state index in [0.29, 0.717) is 5.56 Å². The fraction of sp³-hybridized carbons (Fsp3) is 0.231. The summed E-state index contributed by atoms with van der Waals surface area (Å²) in [6, 6.07) is 9.71. The van der Waals surface area contributed by atoms with Gasteiger partial charge in [-0.15, -0.1) is 0 Å². The largest absolute Gasteiger partial charge is 0.368 e. The fourth-order valence-electron chi connectivity index (χ4n) is 2.74. The van der Waals surface area contributed by atoms with Gasteiger partial charge in [-0.3, -0.25) is 9.59 Å². The minimum absolute atomic E-state index is 0.233. The second-order valence-electron chi connectivity index (χ2n) is 4.52. The number of hydrogen-bond acceptors (Lipinski definition) is 4. The first-order valence-corrected chi connectivity index (χ1v) is 5.94. The molecule has 0 aromatic heterocycles. The van der Waals surface area contributed by atoms with Crippen LogP contribution in [0.1, 0.15) is 11.5 Å². The van der Waals surface area contributed by atoms with E-state index < -0.39 is 28.6 Å². The van der Waals surface area contributed by atoms with Crippen molar-refractivity contribution in [2.75, 3.05) is 0 Å². The molecule has 0 bridgehead atoms. The topological polar surface area (TPSA) is 134 Å². The molecular formula is C13H9ClN4O2. The fourth-order valence-corrected chi connectivity index (χ4v) is 2.98. The molecule has 4 N–H and O–H groups in total. The molecule has 0 heterocycles. The summed E-state index contributed by atoms with van der Waals surface area (Å²) in [7, 11) is 0. The van der Waals surface area contributed by atoms with Gasteiger partial charge in [0.05, 0.1) is 12.1 Å². The number of nitriles is 2. The summed E-state index contributed by atoms with van der Waals surface area (Å²) in [5, 5.41) is 18.9. The van der Waals surface area contributed by atoms with Crippen molar-refractivity contribution in [3.63, 3.8) is 0 Å². The highest BCUT2D eigenvalue weighted by atomic mass is 35.5. The maximum Gasteiger partial charge on any atom is 0.240 e. The average Bonchev–Trinajstić information content (AvgIpc) is 3.04. The van der Waals surface area contributed by atoms with Crippen molar-refractivity contribution < 1.29 is 9.59 Å². The number of carbonyl (C=O) groups is 2. The molecular weight excluding hydrogens is 280 g/mol. The Morgan fingerprint density at radius 1 is 1.10 bits per heavy atom. The lowest BCUT2D eigenvalue weighted by Gasteiger charge is -2.05. The van der Waals surface area contributed by atoms with E-state index in [1.165, 1.54) is 12.1 Å². The number of benzene rings is 1. The Morgan fingerprint density at radius 3 is 1.90 bits per heavy atom. The quantitative estimate of drug-likeness (QED) is 0.833. The van der Waals surface area contributed by atoms with E-state index in [2.05, 4.69) is 0 Å². The van der Waals surface area contributed by atoms with Gasteiger partial charge in [-0.1, -0.05) is 29.8 Å². The lowest BCUT2D eigenvalue weighted by atomic mass is 9.94. The lowest BCUT2D eigenvalue weighted by Crippen LogP contribution is -2.36. The van der Waals surface area contributed by atoms with Crippen molar-refractivity contribution in [1.29, 1.82) is 10.5 Å². The highest BCUT2D eigenvalue weighted by Gasteiger charge is 2.86. The number of nitrogens with two attached hydrogens (primary N) is 2. The molecule has 1 aliphatic carbocycles. The van der Waals surface area contributed by atoms with Gasteiger partial charge in [-0.05, 0) is 11.6 Å². The molecule has 0 aliphatic heterocycles. The predicted molar refractivity (Wildman–Crippen MR) is 68.7 cm³/mol. The van der Waals surface area contributed by atoms with E-state index >= 15 is 0 Å². The van der Waals surface area contributed by atoms with E-state index in [4.69, 9.17) is 23.1 Å². The summed E-state index contributed by atoms with van der Waals surface area (Å²) in [6.07, 6.45) is 0. The first-order valence-electron chi connectivity index (χ1n) is 5.57. The summed E-state index contributed by atoms with van der Waals surface area (Å²) in [4.78, 5) is 23.4. The third-order valence-electron chi connectivity index (χ3n) is 3.75. The molecule has 20 heavy (non-hydrogen) atoms. The Hall–Kier alpha value is -2.57. The van der Waals surface area contributed by atoms with Gasteiger partial charge in [-0.25, -0.2) is 0 Å². The number of primary amides is 2. The van der Waals surface area contributed by atoms with Crippen molar-refractivity contribution in [2.24, 2.45) is 22.3 Å². The number of hydrogen-bond donors (Lipinski definition) is 2. The molecule has 1 fully saturated rings. The second kappa shape index (κ2) is 4.22. The van der Waals surface area contributed by atoms with Gasteiger partial charge in [0.1, 0.15) is 0 Å². The summed E-state index contributed by atoms with van der Waals surface area (Å²) in [5.74, 6) is -3.19. The molecule has 0 saturated heterocycles. The van der Waals surface area contributed by atoms with Crippen LogP contribution in [0.5, 0.6) is 0 Å². The van der Waals surface area contributed by atoms with Crippen molar-refractivity contribution >= 4 is 23.4 Å². The van der Waals surface area contributed by atoms with E-state index in [-0.39, 0.29) is 5.02 Å². The zero-order chi connectivity index (χ0) is 15.1. The Kier molecular flexibility index (Phi) is 2.93. The van der Waals surface area contributed by atoms with Crippen LogP contribution in [0.3, 0.4) is 0 Å². The van der Waals surface area contributed by atoms with Crippen molar-refractivity contribution in [2.45, 2.75) is 5.92 Å². The number of carbonyl (C=O) groups excluding carboxylic acids is 2. The van der Waals surface area contributed by atoms with Gasteiger partial charge >= 0.3 is 0 Å². The van der Waals surface area contributed by atoms with Gasteiger partial charge in [0.25, 0.3) is 0 Å². The minimum atomic E-state index is -1.99. The van der Waals surface area contributed by atoms with E-state index in [9.17, 15) is 20.1 Å². The van der Waals surface area contributed by atoms with Crippen LogP contribution in [0.4, 0.5) is 0 Å². The maximum atomic E-state index is 11.7. The second-order valence-corrected chi connectivity index (χ2v) is 4.93. The van der Waals surface area contributed by atoms with Gasteiger partial charge in [0, 0.05) is 10.9 Å². The van der Waals surface area contributed by atoms with Crippen LogP contribution >= 0.6 is 11.6 Å². The normalized spacial score (nSPS) is 30.9. The third kappa shape index (κ3) is 1.31. The number of halogens is 1. The average molecular weight is 289 g/mol. The van der Waals surface area contributed by atoms with Gasteiger partial charge in [0.15, 0.2) is 10.8 Å². The van der Waals surface area contributed by atoms with Crippen LogP contribution in [-0.2, 0) is 9.59 Å². The summed E-state index contributed by atoms with van der Waals surface area (Å²) >= 11 is 6.01. The molecule has 100 valence electrons. The molecule has 1 unspecified atom stereocenters. The Labute approximate surface area is 119 Å². The molecule has 0 spiro atoms. The van der Waals surface area contributed by atoms with Crippen molar-refractivity contribution in [3.8, 4) is 12.1 Å². The number of amides is 2. The molecule has 2 rings (SSSR count). The minimum Gasteiger partial charge on any atom is -0.368 e. The molecule has 7 heteroatoms. The van der Waals surface area contributed by atoms with E-state index in [1.54, 1.807) is 24.3 Å². The third-order valence-corrected chi connectivity index (χ3v) is 4.10. The van der Waals surface area contributed by atoms with Crippen molar-refractivity contribution in [1.82, 2.24) is 0 Å². The van der Waals surface area contributed by atoms with Crippen LogP contribution < -0.4 is 11.5 Å². The molecule has 0 radical (unpaired) electrons. The van der Waals surface area contributed by atoms with E-state index in [0.717, 1.165) is 0 Å². The van der Waals surface area contributed by atoms with Crippen LogP contribution in [-0.4, -0.2) is 11.8 Å².